The Morgan fingerprint density at radius 3 is 2.36 bits per heavy atom. The first-order valence-electron chi connectivity index (χ1n) is 4.41. The first kappa shape index (κ1) is 10.5. The van der Waals surface area contributed by atoms with Crippen LogP contribution in [-0.4, -0.2) is 0 Å². The van der Waals surface area contributed by atoms with Gasteiger partial charge in [-0.1, -0.05) is 38.5 Å². The smallest absolute Gasteiger partial charge is 0.0149 e. The zero-order valence-corrected chi connectivity index (χ0v) is 8.06. The van der Waals surface area contributed by atoms with Gasteiger partial charge in [0.1, 0.15) is 0 Å². The minimum atomic E-state index is 0.576. The van der Waals surface area contributed by atoms with Crippen LogP contribution < -0.4 is 0 Å². The van der Waals surface area contributed by atoms with E-state index in [1.165, 1.54) is 18.4 Å². The van der Waals surface area contributed by atoms with Gasteiger partial charge < -0.3 is 0 Å². The summed E-state index contributed by atoms with van der Waals surface area (Å²) >= 11 is 0. The van der Waals surface area contributed by atoms with E-state index in [1.54, 1.807) is 0 Å². The van der Waals surface area contributed by atoms with Crippen LogP contribution in [0.1, 0.15) is 33.6 Å². The van der Waals surface area contributed by atoms with Crippen molar-refractivity contribution in [3.8, 4) is 0 Å². The molecule has 0 aromatic rings. The van der Waals surface area contributed by atoms with Crippen molar-refractivity contribution in [2.24, 2.45) is 11.8 Å². The normalized spacial score (nSPS) is 15.5. The predicted molar refractivity (Wildman–Crippen MR) is 52.6 cm³/mol. The molecule has 0 heteroatoms. The van der Waals surface area contributed by atoms with E-state index in [1.807, 2.05) is 6.08 Å². The molecule has 0 spiro atoms. The third-order valence-corrected chi connectivity index (χ3v) is 2.24. The van der Waals surface area contributed by atoms with Gasteiger partial charge in [-0.05, 0) is 25.2 Å². The van der Waals surface area contributed by atoms with Crippen LogP contribution in [0.2, 0.25) is 0 Å². The van der Waals surface area contributed by atoms with Gasteiger partial charge >= 0.3 is 0 Å². The summed E-state index contributed by atoms with van der Waals surface area (Å²) in [5.41, 5.74) is 1.29. The van der Waals surface area contributed by atoms with Gasteiger partial charge in [-0.15, -0.1) is 6.58 Å². The summed E-state index contributed by atoms with van der Waals surface area (Å²) in [4.78, 5) is 0. The molecule has 0 aliphatic carbocycles. The van der Waals surface area contributed by atoms with Crippen molar-refractivity contribution < 1.29 is 0 Å². The molecule has 0 aromatic carbocycles. The molecule has 0 saturated heterocycles. The zero-order valence-electron chi connectivity index (χ0n) is 8.06. The lowest BCUT2D eigenvalue weighted by Crippen LogP contribution is -2.09. The minimum absolute atomic E-state index is 0.576. The van der Waals surface area contributed by atoms with Crippen LogP contribution >= 0.6 is 0 Å². The van der Waals surface area contributed by atoms with Crippen molar-refractivity contribution in [1.29, 1.82) is 0 Å². The maximum atomic E-state index is 4.00. The Labute approximate surface area is 71.0 Å². The summed E-state index contributed by atoms with van der Waals surface area (Å²) in [6, 6.07) is 0. The molecule has 0 N–H and O–H groups in total. The molecule has 2 atom stereocenters. The Morgan fingerprint density at radius 1 is 1.55 bits per heavy atom. The summed E-state index contributed by atoms with van der Waals surface area (Å²) in [5, 5.41) is 0. The fourth-order valence-electron chi connectivity index (χ4n) is 1.43. The highest BCUT2D eigenvalue weighted by atomic mass is 14.2. The Morgan fingerprint density at radius 2 is 2.09 bits per heavy atom. The van der Waals surface area contributed by atoms with Crippen molar-refractivity contribution in [1.82, 2.24) is 0 Å². The van der Waals surface area contributed by atoms with Crippen molar-refractivity contribution in [3.05, 3.63) is 24.8 Å². The van der Waals surface area contributed by atoms with Gasteiger partial charge in [0, 0.05) is 0 Å². The molecule has 0 aromatic heterocycles. The van der Waals surface area contributed by atoms with E-state index in [0.717, 1.165) is 0 Å². The fraction of sp³-hybridized carbons (Fsp3) is 0.636. The molecule has 0 rings (SSSR count). The van der Waals surface area contributed by atoms with Crippen LogP contribution in [0, 0.1) is 11.8 Å². The zero-order chi connectivity index (χ0) is 8.85. The highest BCUT2D eigenvalue weighted by Crippen LogP contribution is 2.24. The molecular formula is C11H20. The van der Waals surface area contributed by atoms with Crippen LogP contribution in [0.4, 0.5) is 0 Å². The summed E-state index contributed by atoms with van der Waals surface area (Å²) in [6.07, 6.45) is 4.49. The van der Waals surface area contributed by atoms with Crippen LogP contribution in [0.3, 0.4) is 0 Å². The molecule has 0 nitrogen and oxygen atoms in total. The topological polar surface area (TPSA) is 0 Å². The SMILES string of the molecule is C=CC(C)C(CCC)C(=C)C. The van der Waals surface area contributed by atoms with Crippen LogP contribution in [-0.2, 0) is 0 Å². The third-order valence-electron chi connectivity index (χ3n) is 2.24. The molecule has 64 valence electrons. The van der Waals surface area contributed by atoms with E-state index in [2.05, 4.69) is 33.9 Å². The first-order valence-corrected chi connectivity index (χ1v) is 4.41. The summed E-state index contributed by atoms with van der Waals surface area (Å²) in [7, 11) is 0. The van der Waals surface area contributed by atoms with E-state index in [9.17, 15) is 0 Å². The molecule has 0 fully saturated rings. The van der Waals surface area contributed by atoms with E-state index in [4.69, 9.17) is 0 Å². The summed E-state index contributed by atoms with van der Waals surface area (Å²) in [6.45, 7) is 14.3. The molecule has 0 aliphatic rings. The lowest BCUT2D eigenvalue weighted by molar-refractivity contribution is 0.449. The average Bonchev–Trinajstić information content (AvgIpc) is 1.98. The Hall–Kier alpha value is -0.520. The second kappa shape index (κ2) is 5.17. The Bertz CT molecular complexity index is 133. The quantitative estimate of drug-likeness (QED) is 0.526. The van der Waals surface area contributed by atoms with Gasteiger partial charge in [-0.25, -0.2) is 0 Å². The van der Waals surface area contributed by atoms with Crippen molar-refractivity contribution in [3.63, 3.8) is 0 Å². The summed E-state index contributed by atoms with van der Waals surface area (Å²) < 4.78 is 0. The Balaban J connectivity index is 4.08. The van der Waals surface area contributed by atoms with Crippen molar-refractivity contribution >= 4 is 0 Å². The van der Waals surface area contributed by atoms with Crippen molar-refractivity contribution in [2.75, 3.05) is 0 Å². The molecule has 0 bridgehead atoms. The van der Waals surface area contributed by atoms with Gasteiger partial charge in [0.05, 0.1) is 0 Å². The van der Waals surface area contributed by atoms with E-state index < -0.39 is 0 Å². The van der Waals surface area contributed by atoms with E-state index in [0.29, 0.717) is 11.8 Å². The van der Waals surface area contributed by atoms with Crippen LogP contribution in [0.5, 0.6) is 0 Å². The van der Waals surface area contributed by atoms with Gasteiger partial charge in [0.25, 0.3) is 0 Å². The van der Waals surface area contributed by atoms with Crippen LogP contribution in [0.15, 0.2) is 24.8 Å². The average molecular weight is 152 g/mol. The first-order chi connectivity index (χ1) is 5.13. The maximum Gasteiger partial charge on any atom is -0.0149 e. The van der Waals surface area contributed by atoms with Gasteiger partial charge in [-0.3, -0.25) is 0 Å². The van der Waals surface area contributed by atoms with E-state index in [-0.39, 0.29) is 0 Å². The number of rotatable bonds is 5. The minimum Gasteiger partial charge on any atom is -0.103 e. The molecule has 11 heavy (non-hydrogen) atoms. The molecular weight excluding hydrogens is 132 g/mol. The molecule has 0 radical (unpaired) electrons. The lowest BCUT2D eigenvalue weighted by atomic mass is 9.85. The number of hydrogen-bond donors (Lipinski definition) is 0. The van der Waals surface area contributed by atoms with Crippen LogP contribution in [0.25, 0.3) is 0 Å². The molecule has 0 heterocycles. The standard InChI is InChI=1S/C11H20/c1-6-8-11(9(3)4)10(5)7-2/h7,10-11H,2-3,6,8H2,1,4-5H3. The largest absolute Gasteiger partial charge is 0.103 e. The van der Waals surface area contributed by atoms with Gasteiger partial charge in [0.2, 0.25) is 0 Å². The molecule has 0 aliphatic heterocycles. The monoisotopic (exact) mass is 152 g/mol. The van der Waals surface area contributed by atoms with Gasteiger partial charge in [-0.2, -0.15) is 0 Å². The highest BCUT2D eigenvalue weighted by molar-refractivity contribution is 5.01. The predicted octanol–water partition coefficient (Wildman–Crippen LogP) is 3.80. The van der Waals surface area contributed by atoms with Crippen molar-refractivity contribution in [2.45, 2.75) is 33.6 Å². The summed E-state index contributed by atoms with van der Waals surface area (Å²) in [5.74, 6) is 1.21. The second-order valence-electron chi connectivity index (χ2n) is 3.34. The number of allylic oxidation sites excluding steroid dienone is 2. The maximum absolute atomic E-state index is 4.00. The molecule has 0 amide bonds. The molecule has 0 saturated carbocycles. The molecule has 2 unspecified atom stereocenters. The lowest BCUT2D eigenvalue weighted by Gasteiger charge is -2.20. The Kier molecular flexibility index (Phi) is 4.93. The fourth-order valence-corrected chi connectivity index (χ4v) is 1.43. The van der Waals surface area contributed by atoms with Gasteiger partial charge in [0.15, 0.2) is 0 Å². The third kappa shape index (κ3) is 3.41. The highest BCUT2D eigenvalue weighted by Gasteiger charge is 2.13. The number of hydrogen-bond acceptors (Lipinski definition) is 0. The van der Waals surface area contributed by atoms with E-state index >= 15 is 0 Å². The second-order valence-corrected chi connectivity index (χ2v) is 3.34.